The summed E-state index contributed by atoms with van der Waals surface area (Å²) in [5.41, 5.74) is 3.69. The molecule has 2 amide bonds. The normalized spacial score (nSPS) is 12.2. The molecule has 0 saturated carbocycles. The van der Waals surface area contributed by atoms with Gasteiger partial charge in [-0.15, -0.1) is 0 Å². The van der Waals surface area contributed by atoms with Gasteiger partial charge < -0.3 is 10.6 Å². The molecule has 2 heterocycles. The van der Waals surface area contributed by atoms with Crippen molar-refractivity contribution in [1.82, 2.24) is 20.1 Å². The fraction of sp³-hybridized carbons (Fsp3) is 0.333. The van der Waals surface area contributed by atoms with Crippen LogP contribution in [-0.4, -0.2) is 32.6 Å². The summed E-state index contributed by atoms with van der Waals surface area (Å²) in [6.07, 6.45) is 1.60. The maximum Gasteiger partial charge on any atom is 0.251 e. The molecule has 0 saturated heterocycles. The highest BCUT2D eigenvalue weighted by Crippen LogP contribution is 2.20. The summed E-state index contributed by atoms with van der Waals surface area (Å²) < 4.78 is 1.70. The van der Waals surface area contributed by atoms with E-state index in [1.54, 1.807) is 23.0 Å². The fourth-order valence-electron chi connectivity index (χ4n) is 3.14. The van der Waals surface area contributed by atoms with Crippen molar-refractivity contribution in [3.63, 3.8) is 0 Å². The van der Waals surface area contributed by atoms with Gasteiger partial charge in [-0.05, 0) is 38.0 Å². The van der Waals surface area contributed by atoms with Gasteiger partial charge in [-0.25, -0.2) is 4.98 Å². The van der Waals surface area contributed by atoms with Crippen molar-refractivity contribution < 1.29 is 9.59 Å². The average Bonchev–Trinajstić information content (AvgIpc) is 2.92. The summed E-state index contributed by atoms with van der Waals surface area (Å²) in [7, 11) is 1.83. The lowest BCUT2D eigenvalue weighted by Gasteiger charge is -2.22. The minimum absolute atomic E-state index is 0.0782. The van der Waals surface area contributed by atoms with Gasteiger partial charge in [0.25, 0.3) is 5.91 Å². The molecule has 0 fully saturated rings. The number of nitrogens with one attached hydrogen (secondary N) is 2. The molecule has 2 N–H and O–H groups in total. The van der Waals surface area contributed by atoms with Crippen LogP contribution in [0.25, 0.3) is 11.0 Å². The lowest BCUT2D eigenvalue weighted by molar-refractivity contribution is -0.118. The van der Waals surface area contributed by atoms with Crippen LogP contribution in [0, 0.1) is 19.8 Å². The SMILES string of the molecule is Cc1cccc(C(=O)NC(C(=O)Nc2cnc3c(c2)c(C)nn3C)C(C)C)c1. The second-order valence-electron chi connectivity index (χ2n) is 7.36. The number of rotatable bonds is 5. The van der Waals surface area contributed by atoms with Crippen molar-refractivity contribution in [1.29, 1.82) is 0 Å². The van der Waals surface area contributed by atoms with Crippen molar-refractivity contribution >= 4 is 28.5 Å². The number of carbonyl (C=O) groups excluding carboxylic acids is 2. The number of hydrogen-bond donors (Lipinski definition) is 2. The Morgan fingerprint density at radius 1 is 1.14 bits per heavy atom. The first-order valence-electron chi connectivity index (χ1n) is 9.24. The van der Waals surface area contributed by atoms with Gasteiger partial charge in [0, 0.05) is 18.0 Å². The Labute approximate surface area is 164 Å². The van der Waals surface area contributed by atoms with Crippen LogP contribution < -0.4 is 10.6 Å². The van der Waals surface area contributed by atoms with Gasteiger partial charge in [-0.1, -0.05) is 31.5 Å². The van der Waals surface area contributed by atoms with Gasteiger partial charge in [0.2, 0.25) is 5.91 Å². The van der Waals surface area contributed by atoms with E-state index in [0.29, 0.717) is 11.3 Å². The van der Waals surface area contributed by atoms with E-state index in [-0.39, 0.29) is 17.7 Å². The van der Waals surface area contributed by atoms with Crippen LogP contribution in [0.3, 0.4) is 0 Å². The first-order valence-corrected chi connectivity index (χ1v) is 9.24. The quantitative estimate of drug-likeness (QED) is 0.713. The van der Waals surface area contributed by atoms with E-state index in [0.717, 1.165) is 22.3 Å². The summed E-state index contributed by atoms with van der Waals surface area (Å²) in [5.74, 6) is -0.626. The molecule has 0 bridgehead atoms. The number of carbonyl (C=O) groups is 2. The Morgan fingerprint density at radius 3 is 2.57 bits per heavy atom. The minimum atomic E-state index is -0.668. The summed E-state index contributed by atoms with van der Waals surface area (Å²) in [6.45, 7) is 7.61. The molecule has 0 aliphatic carbocycles. The predicted molar refractivity (Wildman–Crippen MR) is 109 cm³/mol. The van der Waals surface area contributed by atoms with Gasteiger partial charge in [0.15, 0.2) is 5.65 Å². The lowest BCUT2D eigenvalue weighted by atomic mass is 10.0. The highest BCUT2D eigenvalue weighted by Gasteiger charge is 2.25. The third-order valence-corrected chi connectivity index (χ3v) is 4.65. The zero-order valence-corrected chi connectivity index (χ0v) is 16.8. The van der Waals surface area contributed by atoms with Crippen LogP contribution in [0.15, 0.2) is 36.5 Å². The molecule has 3 aromatic rings. The molecule has 7 nitrogen and oxygen atoms in total. The number of pyridine rings is 1. The fourth-order valence-corrected chi connectivity index (χ4v) is 3.14. The summed E-state index contributed by atoms with van der Waals surface area (Å²) >= 11 is 0. The zero-order chi connectivity index (χ0) is 20.4. The highest BCUT2D eigenvalue weighted by molar-refractivity contribution is 6.01. The second kappa shape index (κ2) is 7.80. The number of fused-ring (bicyclic) bond motifs is 1. The molecule has 7 heteroatoms. The number of anilines is 1. The first-order chi connectivity index (χ1) is 13.3. The molecule has 0 aliphatic heterocycles. The van der Waals surface area contributed by atoms with Gasteiger partial charge in [-0.2, -0.15) is 5.10 Å². The van der Waals surface area contributed by atoms with E-state index < -0.39 is 6.04 Å². The predicted octanol–water partition coefficient (Wildman–Crippen LogP) is 2.98. The van der Waals surface area contributed by atoms with Crippen molar-refractivity contribution in [3.8, 4) is 0 Å². The van der Waals surface area contributed by atoms with Gasteiger partial charge >= 0.3 is 0 Å². The van der Waals surface area contributed by atoms with E-state index in [1.807, 2.05) is 52.9 Å². The van der Waals surface area contributed by atoms with E-state index in [4.69, 9.17) is 0 Å². The number of aromatic nitrogens is 3. The van der Waals surface area contributed by atoms with Crippen LogP contribution in [0.4, 0.5) is 5.69 Å². The van der Waals surface area contributed by atoms with Crippen molar-refractivity contribution in [2.24, 2.45) is 13.0 Å². The van der Waals surface area contributed by atoms with Crippen LogP contribution in [0.5, 0.6) is 0 Å². The van der Waals surface area contributed by atoms with E-state index in [9.17, 15) is 9.59 Å². The van der Waals surface area contributed by atoms with E-state index in [2.05, 4.69) is 20.7 Å². The Balaban J connectivity index is 1.78. The van der Waals surface area contributed by atoms with Gasteiger partial charge in [0.05, 0.1) is 17.6 Å². The molecule has 1 atom stereocenters. The number of nitrogens with zero attached hydrogens (tertiary/aromatic N) is 3. The Morgan fingerprint density at radius 2 is 1.89 bits per heavy atom. The van der Waals surface area contributed by atoms with E-state index >= 15 is 0 Å². The van der Waals surface area contributed by atoms with Crippen molar-refractivity contribution in [2.75, 3.05) is 5.32 Å². The number of benzene rings is 1. The number of aryl methyl sites for hydroxylation is 3. The first kappa shape index (κ1) is 19.5. The smallest absolute Gasteiger partial charge is 0.251 e. The van der Waals surface area contributed by atoms with Gasteiger partial charge in [-0.3, -0.25) is 14.3 Å². The molecule has 2 aromatic heterocycles. The lowest BCUT2D eigenvalue weighted by Crippen LogP contribution is -2.47. The molecule has 1 unspecified atom stereocenters. The third kappa shape index (κ3) is 4.03. The largest absolute Gasteiger partial charge is 0.340 e. The maximum absolute atomic E-state index is 12.8. The van der Waals surface area contributed by atoms with Crippen LogP contribution in [0.2, 0.25) is 0 Å². The van der Waals surface area contributed by atoms with Gasteiger partial charge in [0.1, 0.15) is 6.04 Å². The topological polar surface area (TPSA) is 88.9 Å². The number of hydrogen-bond acceptors (Lipinski definition) is 4. The standard InChI is InChI=1S/C21H25N5O2/c1-12(2)18(24-20(27)15-8-6-7-13(3)9-15)21(28)23-16-10-17-14(4)25-26(5)19(17)22-11-16/h6-12,18H,1-5H3,(H,23,28)(H,24,27). The van der Waals surface area contributed by atoms with E-state index in [1.165, 1.54) is 0 Å². The molecular formula is C21H25N5O2. The molecule has 28 heavy (non-hydrogen) atoms. The minimum Gasteiger partial charge on any atom is -0.340 e. The molecule has 0 aliphatic rings. The Hall–Kier alpha value is -3.22. The van der Waals surface area contributed by atoms with Crippen LogP contribution in [-0.2, 0) is 11.8 Å². The third-order valence-electron chi connectivity index (χ3n) is 4.65. The van der Waals surface area contributed by atoms with Crippen LogP contribution >= 0.6 is 0 Å². The Kier molecular flexibility index (Phi) is 5.44. The molecule has 3 rings (SSSR count). The summed E-state index contributed by atoms with van der Waals surface area (Å²) in [6, 6.07) is 8.47. The average molecular weight is 379 g/mol. The maximum atomic E-state index is 12.8. The summed E-state index contributed by atoms with van der Waals surface area (Å²) in [4.78, 5) is 29.8. The molecule has 0 radical (unpaired) electrons. The van der Waals surface area contributed by atoms with Crippen LogP contribution in [0.1, 0.15) is 35.5 Å². The molecule has 146 valence electrons. The van der Waals surface area contributed by atoms with Crippen molar-refractivity contribution in [3.05, 3.63) is 53.3 Å². The molecule has 1 aromatic carbocycles. The number of amides is 2. The monoisotopic (exact) mass is 379 g/mol. The second-order valence-corrected chi connectivity index (χ2v) is 7.36. The molecule has 0 spiro atoms. The van der Waals surface area contributed by atoms with Crippen molar-refractivity contribution in [2.45, 2.75) is 33.7 Å². The zero-order valence-electron chi connectivity index (χ0n) is 16.8. The Bertz CT molecular complexity index is 1040. The highest BCUT2D eigenvalue weighted by atomic mass is 16.2. The molecular weight excluding hydrogens is 354 g/mol. The summed E-state index contributed by atoms with van der Waals surface area (Å²) in [5, 5.41) is 10.9.